The van der Waals surface area contributed by atoms with E-state index in [-0.39, 0.29) is 18.7 Å². The second kappa shape index (κ2) is 10.1. The van der Waals surface area contributed by atoms with E-state index in [2.05, 4.69) is 36.4 Å². The quantitative estimate of drug-likeness (QED) is 0.245. The normalized spacial score (nSPS) is 36.2. The van der Waals surface area contributed by atoms with Gasteiger partial charge >= 0.3 is 5.97 Å². The molecule has 0 aromatic heterocycles. The summed E-state index contributed by atoms with van der Waals surface area (Å²) < 4.78 is 0. The fraction of sp³-hybridized carbons (Fsp3) is 0.889. The van der Waals surface area contributed by atoms with Crippen molar-refractivity contribution < 1.29 is 14.7 Å². The molecular weight excluding hydrogens is 376 g/mol. The maximum atomic E-state index is 12.5. The number of carbonyl (C=O) groups excluding carboxylic acids is 1. The molecule has 166 valence electrons. The van der Waals surface area contributed by atoms with Gasteiger partial charge in [0.05, 0.1) is 12.3 Å². The zero-order valence-electron chi connectivity index (χ0n) is 17.1. The molecule has 3 rings (SSSR count). The van der Waals surface area contributed by atoms with Gasteiger partial charge < -0.3 is 32.1 Å². The molecule has 3 saturated heterocycles. The average molecular weight is 413 g/mol. The predicted octanol–water partition coefficient (Wildman–Crippen LogP) is -3.33. The Hall–Kier alpha value is -1.34. The third-order valence-corrected chi connectivity index (χ3v) is 5.88. The molecule has 3 fully saturated rings. The van der Waals surface area contributed by atoms with E-state index in [0.29, 0.717) is 26.1 Å². The van der Waals surface area contributed by atoms with Crippen molar-refractivity contribution in [3.8, 4) is 0 Å². The number of carboxylic acid groups (broad SMARTS) is 1. The number of rotatable bonds is 5. The number of hydrogen-bond donors (Lipinski definition) is 7. The zero-order chi connectivity index (χ0) is 20.7. The van der Waals surface area contributed by atoms with Crippen molar-refractivity contribution in [1.29, 1.82) is 0 Å². The molecule has 0 aromatic rings. The van der Waals surface area contributed by atoms with Gasteiger partial charge in [0.2, 0.25) is 5.91 Å². The fourth-order valence-corrected chi connectivity index (χ4v) is 4.33. The maximum absolute atomic E-state index is 12.5. The van der Waals surface area contributed by atoms with Gasteiger partial charge in [0, 0.05) is 78.3 Å². The minimum Gasteiger partial charge on any atom is -0.481 e. The van der Waals surface area contributed by atoms with E-state index in [1.165, 1.54) is 0 Å². The van der Waals surface area contributed by atoms with Crippen LogP contribution in [-0.4, -0.2) is 110 Å². The van der Waals surface area contributed by atoms with Gasteiger partial charge in [0.1, 0.15) is 5.66 Å². The van der Waals surface area contributed by atoms with Crippen LogP contribution in [0.15, 0.2) is 0 Å². The number of hydrogen-bond acceptors (Lipinski definition) is 9. The lowest BCUT2D eigenvalue weighted by Gasteiger charge is -2.40. The molecule has 3 aliphatic rings. The lowest BCUT2D eigenvalue weighted by molar-refractivity contribution is -0.137. The Morgan fingerprint density at radius 3 is 2.48 bits per heavy atom. The van der Waals surface area contributed by atoms with E-state index >= 15 is 0 Å². The van der Waals surface area contributed by atoms with Crippen LogP contribution in [-0.2, 0) is 9.59 Å². The number of nitrogens with two attached hydrogens (primary N) is 1. The smallest absolute Gasteiger partial charge is 0.303 e. The summed E-state index contributed by atoms with van der Waals surface area (Å²) in [4.78, 5) is 28.0. The van der Waals surface area contributed by atoms with E-state index in [0.717, 1.165) is 52.5 Å². The Bertz CT molecular complexity index is 579. The van der Waals surface area contributed by atoms with E-state index in [4.69, 9.17) is 10.8 Å². The molecule has 0 saturated carbocycles. The van der Waals surface area contributed by atoms with Gasteiger partial charge in [-0.25, -0.2) is 0 Å². The van der Waals surface area contributed by atoms with E-state index in [1.807, 2.05) is 0 Å². The van der Waals surface area contributed by atoms with Gasteiger partial charge in [-0.1, -0.05) is 0 Å². The summed E-state index contributed by atoms with van der Waals surface area (Å²) >= 11 is 0. The number of fused-ring (bicyclic) bond motifs is 4. The standard InChI is InChI=1S/C18H36N8O3/c19-17-10-20-4-5-21-11-18(24-15(27)2-1-3-16(28)29)12-22-6-8-25(13-17)14-26(17)9-7-23-18/h20-23H,1-14,19H2,(H,24,27)(H,28,29)/t17-,18-/m1/s1. The van der Waals surface area contributed by atoms with Gasteiger partial charge in [0.15, 0.2) is 0 Å². The summed E-state index contributed by atoms with van der Waals surface area (Å²) in [6.45, 7) is 8.29. The Labute approximate surface area is 172 Å². The minimum absolute atomic E-state index is 0.000600. The Kier molecular flexibility index (Phi) is 7.79. The molecule has 0 aromatic carbocycles. The molecule has 0 aliphatic carbocycles. The maximum Gasteiger partial charge on any atom is 0.303 e. The number of aliphatic carboxylic acids is 1. The summed E-state index contributed by atoms with van der Waals surface area (Å²) in [5, 5.41) is 25.9. The molecule has 11 nitrogen and oxygen atoms in total. The van der Waals surface area contributed by atoms with Crippen LogP contribution in [0, 0.1) is 0 Å². The van der Waals surface area contributed by atoms with Crippen LogP contribution in [0.3, 0.4) is 0 Å². The van der Waals surface area contributed by atoms with Crippen LogP contribution in [0.5, 0.6) is 0 Å². The summed E-state index contributed by atoms with van der Waals surface area (Å²) in [6.07, 6.45) is 0.531. The second-order valence-corrected chi connectivity index (χ2v) is 8.40. The third kappa shape index (κ3) is 6.32. The Morgan fingerprint density at radius 1 is 1.00 bits per heavy atom. The van der Waals surface area contributed by atoms with Gasteiger partial charge in [-0.15, -0.1) is 0 Å². The Balaban J connectivity index is 1.71. The van der Waals surface area contributed by atoms with Crippen molar-refractivity contribution in [2.24, 2.45) is 5.73 Å². The average Bonchev–Trinajstić information content (AvgIpc) is 2.94. The van der Waals surface area contributed by atoms with Crippen molar-refractivity contribution in [2.45, 2.75) is 30.6 Å². The minimum atomic E-state index is -0.879. The van der Waals surface area contributed by atoms with Crippen molar-refractivity contribution in [3.05, 3.63) is 0 Å². The topological polar surface area (TPSA) is 147 Å². The molecule has 11 heteroatoms. The number of nitrogens with zero attached hydrogens (tertiary/aromatic N) is 2. The van der Waals surface area contributed by atoms with Crippen LogP contribution < -0.4 is 32.3 Å². The molecule has 0 unspecified atom stereocenters. The van der Waals surface area contributed by atoms with Crippen molar-refractivity contribution in [1.82, 2.24) is 36.4 Å². The third-order valence-electron chi connectivity index (χ3n) is 5.88. The van der Waals surface area contributed by atoms with Gasteiger partial charge in [-0.2, -0.15) is 0 Å². The lowest BCUT2D eigenvalue weighted by Crippen LogP contribution is -2.70. The molecule has 1 amide bonds. The van der Waals surface area contributed by atoms with Crippen molar-refractivity contribution >= 4 is 11.9 Å². The summed E-state index contributed by atoms with van der Waals surface area (Å²) in [5.74, 6) is -1.02. The molecule has 3 heterocycles. The first-order valence-electron chi connectivity index (χ1n) is 10.6. The highest BCUT2D eigenvalue weighted by molar-refractivity contribution is 5.77. The largest absolute Gasteiger partial charge is 0.481 e. The van der Waals surface area contributed by atoms with Crippen LogP contribution in [0.25, 0.3) is 0 Å². The highest BCUT2D eigenvalue weighted by atomic mass is 16.4. The van der Waals surface area contributed by atoms with Crippen LogP contribution >= 0.6 is 0 Å². The lowest BCUT2D eigenvalue weighted by atomic mass is 10.1. The molecule has 4 atom stereocenters. The molecule has 0 radical (unpaired) electrons. The first-order chi connectivity index (χ1) is 13.9. The summed E-state index contributed by atoms with van der Waals surface area (Å²) in [5.41, 5.74) is 5.70. The first kappa shape index (κ1) is 22.3. The number of carbonyl (C=O) groups is 2. The van der Waals surface area contributed by atoms with E-state index < -0.39 is 17.3 Å². The molecule has 3 aliphatic heterocycles. The monoisotopic (exact) mass is 412 g/mol. The molecule has 29 heavy (non-hydrogen) atoms. The van der Waals surface area contributed by atoms with Crippen LogP contribution in [0.4, 0.5) is 0 Å². The number of carboxylic acids is 1. The van der Waals surface area contributed by atoms with E-state index in [1.54, 1.807) is 0 Å². The fourth-order valence-electron chi connectivity index (χ4n) is 4.33. The Morgan fingerprint density at radius 2 is 1.72 bits per heavy atom. The van der Waals surface area contributed by atoms with Crippen molar-refractivity contribution in [2.75, 3.05) is 72.1 Å². The predicted molar refractivity (Wildman–Crippen MR) is 109 cm³/mol. The van der Waals surface area contributed by atoms with Crippen LogP contribution in [0.1, 0.15) is 19.3 Å². The summed E-state index contributed by atoms with van der Waals surface area (Å²) in [6, 6.07) is 0. The van der Waals surface area contributed by atoms with Gasteiger partial charge in [-0.05, 0) is 6.42 Å². The first-order valence-corrected chi connectivity index (χ1v) is 10.6. The molecule has 8 N–H and O–H groups in total. The second-order valence-electron chi connectivity index (χ2n) is 8.40. The molecule has 3 bridgehead atoms. The number of amides is 1. The van der Waals surface area contributed by atoms with E-state index in [9.17, 15) is 9.59 Å². The zero-order valence-corrected chi connectivity index (χ0v) is 17.1. The molecule has 0 spiro atoms. The van der Waals surface area contributed by atoms with Gasteiger partial charge in [0.25, 0.3) is 0 Å². The highest BCUT2D eigenvalue weighted by Crippen LogP contribution is 2.19. The summed E-state index contributed by atoms with van der Waals surface area (Å²) in [7, 11) is 0. The SMILES string of the molecule is N[C@]12CNCCNC[C@@]3(NC(=O)CCCC(=O)O)CNCC[N@](C[N@@]1CCN3)C2. The van der Waals surface area contributed by atoms with Crippen LogP contribution in [0.2, 0.25) is 0 Å². The highest BCUT2D eigenvalue weighted by Gasteiger charge is 2.42. The van der Waals surface area contributed by atoms with Gasteiger partial charge in [-0.3, -0.25) is 24.7 Å². The number of nitrogens with one attached hydrogen (secondary N) is 5. The van der Waals surface area contributed by atoms with Crippen molar-refractivity contribution in [3.63, 3.8) is 0 Å². The molecular formula is C18H36N8O3.